The first-order chi connectivity index (χ1) is 10.3. The number of anilines is 1. The third-order valence-corrected chi connectivity index (χ3v) is 2.98. The van der Waals surface area contributed by atoms with Crippen LogP contribution in [0.3, 0.4) is 0 Å². The van der Waals surface area contributed by atoms with Gasteiger partial charge in [-0.2, -0.15) is 13.2 Å². The van der Waals surface area contributed by atoms with Crippen LogP contribution in [0.25, 0.3) is 10.9 Å². The lowest BCUT2D eigenvalue weighted by Crippen LogP contribution is -2.14. The van der Waals surface area contributed by atoms with Crippen LogP contribution >= 0.6 is 0 Å². The zero-order valence-electron chi connectivity index (χ0n) is 11.7. The van der Waals surface area contributed by atoms with Crippen molar-refractivity contribution in [2.24, 2.45) is 0 Å². The standard InChI is InChI=1S/C14H14F3N3O2/c1-8(22)9-3-4-11-10(7-9)12(18-5-2-6-21)20-13(19-11)14(15,16)17/h3-4,7,21H,2,5-6H2,1H3,(H,18,19,20). The number of aliphatic hydroxyl groups is 1. The number of hydrogen-bond donors (Lipinski definition) is 2. The van der Waals surface area contributed by atoms with E-state index in [1.165, 1.54) is 25.1 Å². The summed E-state index contributed by atoms with van der Waals surface area (Å²) in [5, 5.41) is 11.8. The predicted octanol–water partition coefficient (Wildman–Crippen LogP) is 2.65. The molecular formula is C14H14F3N3O2. The van der Waals surface area contributed by atoms with Crippen molar-refractivity contribution in [1.82, 2.24) is 9.97 Å². The van der Waals surface area contributed by atoms with E-state index in [-0.39, 0.29) is 30.3 Å². The van der Waals surface area contributed by atoms with Gasteiger partial charge in [0.25, 0.3) is 0 Å². The summed E-state index contributed by atoms with van der Waals surface area (Å²) in [4.78, 5) is 18.4. The van der Waals surface area contributed by atoms with Gasteiger partial charge in [0.15, 0.2) is 5.78 Å². The molecule has 22 heavy (non-hydrogen) atoms. The fourth-order valence-electron chi connectivity index (χ4n) is 1.89. The number of aromatic nitrogens is 2. The van der Waals surface area contributed by atoms with Gasteiger partial charge in [0.1, 0.15) is 5.82 Å². The number of fused-ring (bicyclic) bond motifs is 1. The topological polar surface area (TPSA) is 75.1 Å². The fraction of sp³-hybridized carbons (Fsp3) is 0.357. The zero-order valence-corrected chi connectivity index (χ0v) is 11.7. The summed E-state index contributed by atoms with van der Waals surface area (Å²) in [6, 6.07) is 4.24. The molecule has 0 unspecified atom stereocenters. The summed E-state index contributed by atoms with van der Waals surface area (Å²) in [5.41, 5.74) is 0.458. The number of alkyl halides is 3. The lowest BCUT2D eigenvalue weighted by Gasteiger charge is -2.12. The summed E-state index contributed by atoms with van der Waals surface area (Å²) < 4.78 is 38.5. The molecule has 0 bridgehead atoms. The van der Waals surface area contributed by atoms with E-state index in [0.717, 1.165) is 0 Å². The Kier molecular flexibility index (Phi) is 4.60. The summed E-state index contributed by atoms with van der Waals surface area (Å²) in [7, 11) is 0. The van der Waals surface area contributed by atoms with E-state index in [9.17, 15) is 18.0 Å². The molecule has 0 aliphatic rings. The number of carbonyl (C=O) groups excluding carboxylic acids is 1. The number of benzene rings is 1. The normalized spacial score (nSPS) is 11.7. The molecule has 0 aliphatic heterocycles. The van der Waals surface area contributed by atoms with E-state index >= 15 is 0 Å². The van der Waals surface area contributed by atoms with Gasteiger partial charge in [0.05, 0.1) is 5.52 Å². The number of nitrogens with one attached hydrogen (secondary N) is 1. The smallest absolute Gasteiger partial charge is 0.396 e. The molecule has 2 aromatic rings. The summed E-state index contributed by atoms with van der Waals surface area (Å²) in [5.74, 6) is -1.46. The lowest BCUT2D eigenvalue weighted by molar-refractivity contribution is -0.144. The van der Waals surface area contributed by atoms with Crippen LogP contribution in [0.4, 0.5) is 19.0 Å². The van der Waals surface area contributed by atoms with Gasteiger partial charge >= 0.3 is 6.18 Å². The highest BCUT2D eigenvalue weighted by molar-refractivity contribution is 6.00. The van der Waals surface area contributed by atoms with Crippen LogP contribution in [-0.2, 0) is 6.18 Å². The maximum absolute atomic E-state index is 12.8. The Morgan fingerprint density at radius 3 is 2.64 bits per heavy atom. The molecule has 5 nitrogen and oxygen atoms in total. The Morgan fingerprint density at radius 1 is 1.32 bits per heavy atom. The molecule has 0 atom stereocenters. The molecule has 2 N–H and O–H groups in total. The number of hydrogen-bond acceptors (Lipinski definition) is 5. The summed E-state index contributed by atoms with van der Waals surface area (Å²) >= 11 is 0. The van der Waals surface area contributed by atoms with Crippen molar-refractivity contribution >= 4 is 22.5 Å². The molecule has 0 spiro atoms. The Bertz CT molecular complexity index is 702. The van der Waals surface area contributed by atoms with E-state index in [4.69, 9.17) is 5.11 Å². The SMILES string of the molecule is CC(=O)c1ccc2nc(C(F)(F)F)nc(NCCCO)c2c1. The van der Waals surface area contributed by atoms with Crippen LogP contribution in [-0.4, -0.2) is 34.0 Å². The Labute approximate surface area is 124 Å². The van der Waals surface area contributed by atoms with E-state index in [1.807, 2.05) is 0 Å². The summed E-state index contributed by atoms with van der Waals surface area (Å²) in [6.45, 7) is 1.52. The number of Topliss-reactive ketones (excluding diaryl/α,β-unsaturated/α-hetero) is 1. The minimum absolute atomic E-state index is 0.00567. The molecule has 0 fully saturated rings. The minimum Gasteiger partial charge on any atom is -0.396 e. The van der Waals surface area contributed by atoms with Crippen LogP contribution in [0.1, 0.15) is 29.5 Å². The largest absolute Gasteiger partial charge is 0.451 e. The van der Waals surface area contributed by atoms with Gasteiger partial charge in [-0.25, -0.2) is 9.97 Å². The molecule has 1 heterocycles. The predicted molar refractivity (Wildman–Crippen MR) is 74.7 cm³/mol. The van der Waals surface area contributed by atoms with Gasteiger partial charge in [0, 0.05) is 24.1 Å². The molecule has 0 saturated heterocycles. The molecular weight excluding hydrogens is 299 g/mol. The lowest BCUT2D eigenvalue weighted by atomic mass is 10.1. The number of nitrogens with zero attached hydrogens (tertiary/aromatic N) is 2. The first kappa shape index (κ1) is 16.2. The molecule has 118 valence electrons. The van der Waals surface area contributed by atoms with Crippen molar-refractivity contribution < 1.29 is 23.1 Å². The maximum Gasteiger partial charge on any atom is 0.451 e. The molecule has 1 aromatic carbocycles. The summed E-state index contributed by atoms with van der Waals surface area (Å²) in [6.07, 6.45) is -4.31. The second-order valence-electron chi connectivity index (χ2n) is 4.69. The highest BCUT2D eigenvalue weighted by Crippen LogP contribution is 2.30. The van der Waals surface area contributed by atoms with Crippen molar-refractivity contribution in [3.63, 3.8) is 0 Å². The monoisotopic (exact) mass is 313 g/mol. The third kappa shape index (κ3) is 3.51. The number of ketones is 1. The van der Waals surface area contributed by atoms with Gasteiger partial charge in [0.2, 0.25) is 5.82 Å². The van der Waals surface area contributed by atoms with Crippen LogP contribution in [0.2, 0.25) is 0 Å². The highest BCUT2D eigenvalue weighted by atomic mass is 19.4. The zero-order chi connectivity index (χ0) is 16.3. The molecule has 0 saturated carbocycles. The van der Waals surface area contributed by atoms with Crippen LogP contribution < -0.4 is 5.32 Å². The van der Waals surface area contributed by atoms with Crippen LogP contribution in [0.5, 0.6) is 0 Å². The van der Waals surface area contributed by atoms with Crippen molar-refractivity contribution in [2.45, 2.75) is 19.5 Å². The second-order valence-corrected chi connectivity index (χ2v) is 4.69. The molecule has 1 aromatic heterocycles. The number of carbonyl (C=O) groups is 1. The molecule has 0 aliphatic carbocycles. The van der Waals surface area contributed by atoms with Gasteiger partial charge < -0.3 is 10.4 Å². The molecule has 0 amide bonds. The molecule has 8 heteroatoms. The number of aliphatic hydroxyl groups excluding tert-OH is 1. The minimum atomic E-state index is -4.67. The second kappa shape index (κ2) is 6.27. The van der Waals surface area contributed by atoms with Gasteiger partial charge in [-0.05, 0) is 31.5 Å². The van der Waals surface area contributed by atoms with Gasteiger partial charge in [-0.1, -0.05) is 0 Å². The van der Waals surface area contributed by atoms with E-state index < -0.39 is 12.0 Å². The van der Waals surface area contributed by atoms with Crippen molar-refractivity contribution in [1.29, 1.82) is 0 Å². The first-order valence-corrected chi connectivity index (χ1v) is 6.57. The molecule has 0 radical (unpaired) electrons. The van der Waals surface area contributed by atoms with Crippen LogP contribution in [0.15, 0.2) is 18.2 Å². The van der Waals surface area contributed by atoms with Crippen molar-refractivity contribution in [3.05, 3.63) is 29.6 Å². The Hall–Kier alpha value is -2.22. The Morgan fingerprint density at radius 2 is 2.05 bits per heavy atom. The first-order valence-electron chi connectivity index (χ1n) is 6.57. The number of rotatable bonds is 5. The van der Waals surface area contributed by atoms with E-state index in [2.05, 4.69) is 15.3 Å². The van der Waals surface area contributed by atoms with Gasteiger partial charge in [-0.3, -0.25) is 4.79 Å². The fourth-order valence-corrected chi connectivity index (χ4v) is 1.89. The number of halogens is 3. The van der Waals surface area contributed by atoms with Crippen LogP contribution in [0, 0.1) is 0 Å². The van der Waals surface area contributed by atoms with E-state index in [1.54, 1.807) is 0 Å². The van der Waals surface area contributed by atoms with E-state index in [0.29, 0.717) is 17.4 Å². The van der Waals surface area contributed by atoms with Crippen molar-refractivity contribution in [3.8, 4) is 0 Å². The average Bonchev–Trinajstić information content (AvgIpc) is 2.45. The maximum atomic E-state index is 12.8. The Balaban J connectivity index is 2.57. The quantitative estimate of drug-likeness (QED) is 0.655. The van der Waals surface area contributed by atoms with Gasteiger partial charge in [-0.15, -0.1) is 0 Å². The molecule has 2 rings (SSSR count). The third-order valence-electron chi connectivity index (χ3n) is 2.98. The highest BCUT2D eigenvalue weighted by Gasteiger charge is 2.35. The van der Waals surface area contributed by atoms with Crippen molar-refractivity contribution in [2.75, 3.05) is 18.5 Å². The average molecular weight is 313 g/mol.